The third-order valence-corrected chi connectivity index (χ3v) is 3.72. The molecule has 4 heteroatoms. The molecule has 0 bridgehead atoms. The summed E-state index contributed by atoms with van der Waals surface area (Å²) >= 11 is 0. The van der Waals surface area contributed by atoms with E-state index in [-0.39, 0.29) is 18.4 Å². The van der Waals surface area contributed by atoms with Gasteiger partial charge in [0.25, 0.3) is 0 Å². The van der Waals surface area contributed by atoms with E-state index in [1.807, 2.05) is 6.07 Å². The average molecular weight is 235 g/mol. The maximum absolute atomic E-state index is 9.79. The summed E-state index contributed by atoms with van der Waals surface area (Å²) in [7, 11) is 0. The van der Waals surface area contributed by atoms with Crippen molar-refractivity contribution in [2.24, 2.45) is 0 Å². The van der Waals surface area contributed by atoms with E-state index in [0.29, 0.717) is 18.3 Å². The smallest absolute Gasteiger partial charge is 0.164 e. The molecule has 17 heavy (non-hydrogen) atoms. The van der Waals surface area contributed by atoms with Crippen LogP contribution in [0.5, 0.6) is 11.5 Å². The highest BCUT2D eigenvalue weighted by Gasteiger charge is 2.31. The Kier molecular flexibility index (Phi) is 2.68. The number of hydrogen-bond acceptors (Lipinski definition) is 4. The van der Waals surface area contributed by atoms with Crippen molar-refractivity contribution in [3.8, 4) is 11.5 Å². The minimum atomic E-state index is 0.102. The summed E-state index contributed by atoms with van der Waals surface area (Å²) in [5, 5.41) is 22.4. The summed E-state index contributed by atoms with van der Waals surface area (Å²) in [4.78, 5) is 0. The van der Waals surface area contributed by atoms with Crippen LogP contribution in [0.3, 0.4) is 0 Å². The second-order valence-electron chi connectivity index (χ2n) is 4.82. The minimum absolute atomic E-state index is 0.102. The normalized spacial score (nSPS) is 26.9. The first-order valence-electron chi connectivity index (χ1n) is 6.11. The molecule has 0 aromatic heterocycles. The van der Waals surface area contributed by atoms with Gasteiger partial charge in [0.1, 0.15) is 0 Å². The summed E-state index contributed by atoms with van der Waals surface area (Å²) in [5.74, 6) is 1.27. The average Bonchev–Trinajstić information content (AvgIpc) is 2.72. The van der Waals surface area contributed by atoms with Gasteiger partial charge >= 0.3 is 0 Å². The number of benzene rings is 1. The Morgan fingerprint density at radius 1 is 1.41 bits per heavy atom. The van der Waals surface area contributed by atoms with Gasteiger partial charge in [0, 0.05) is 17.5 Å². The monoisotopic (exact) mass is 235 g/mol. The largest absolute Gasteiger partial charge is 0.504 e. The number of nitrogens with one attached hydrogen (secondary N) is 1. The Morgan fingerprint density at radius 2 is 2.29 bits per heavy atom. The van der Waals surface area contributed by atoms with Crippen molar-refractivity contribution in [3.05, 3.63) is 23.3 Å². The maximum Gasteiger partial charge on any atom is 0.164 e. The molecule has 3 N–H and O–H groups in total. The van der Waals surface area contributed by atoms with Crippen LogP contribution in [-0.2, 0) is 6.42 Å². The van der Waals surface area contributed by atoms with Gasteiger partial charge in [-0.2, -0.15) is 0 Å². The van der Waals surface area contributed by atoms with Gasteiger partial charge < -0.3 is 20.3 Å². The van der Waals surface area contributed by atoms with Crippen LogP contribution in [0.2, 0.25) is 0 Å². The van der Waals surface area contributed by atoms with E-state index >= 15 is 0 Å². The number of rotatable bonds is 1. The standard InChI is InChI=1S/C13H17NO3/c15-6-10-5-8-1-2-11(16)13-12(8)9(7-17-13)3-4-14-10/h1-2,9-10,14-16H,3-7H2/t9-,10-/m0/s1. The number of aromatic hydroxyl groups is 1. The Balaban J connectivity index is 2.04. The van der Waals surface area contributed by atoms with Crippen LogP contribution in [0.25, 0.3) is 0 Å². The molecule has 1 aromatic carbocycles. The van der Waals surface area contributed by atoms with Gasteiger partial charge in [-0.3, -0.25) is 0 Å². The van der Waals surface area contributed by atoms with E-state index in [1.165, 1.54) is 5.56 Å². The number of hydrogen-bond donors (Lipinski definition) is 3. The lowest BCUT2D eigenvalue weighted by molar-refractivity contribution is 0.237. The molecule has 0 fully saturated rings. The molecule has 0 saturated carbocycles. The van der Waals surface area contributed by atoms with Crippen molar-refractivity contribution >= 4 is 0 Å². The van der Waals surface area contributed by atoms with E-state index < -0.39 is 0 Å². The Bertz CT molecular complexity index is 433. The molecule has 0 aliphatic carbocycles. The van der Waals surface area contributed by atoms with Crippen LogP contribution in [0.4, 0.5) is 0 Å². The summed E-state index contributed by atoms with van der Waals surface area (Å²) in [6.07, 6.45) is 1.78. The third-order valence-electron chi connectivity index (χ3n) is 3.72. The van der Waals surface area contributed by atoms with E-state index in [0.717, 1.165) is 24.9 Å². The number of aliphatic hydroxyl groups is 1. The maximum atomic E-state index is 9.79. The molecule has 2 heterocycles. The van der Waals surface area contributed by atoms with E-state index in [9.17, 15) is 10.2 Å². The van der Waals surface area contributed by atoms with E-state index in [2.05, 4.69) is 5.32 Å². The van der Waals surface area contributed by atoms with Crippen LogP contribution in [0.1, 0.15) is 23.5 Å². The molecular formula is C13H17NO3. The molecule has 0 unspecified atom stereocenters. The molecule has 0 spiro atoms. The van der Waals surface area contributed by atoms with Crippen LogP contribution >= 0.6 is 0 Å². The zero-order valence-corrected chi connectivity index (χ0v) is 9.65. The van der Waals surface area contributed by atoms with Gasteiger partial charge in [0.15, 0.2) is 11.5 Å². The van der Waals surface area contributed by atoms with Crippen LogP contribution in [0, 0.1) is 0 Å². The van der Waals surface area contributed by atoms with E-state index in [1.54, 1.807) is 6.07 Å². The summed E-state index contributed by atoms with van der Waals surface area (Å²) in [6.45, 7) is 1.68. The fraction of sp³-hybridized carbons (Fsp3) is 0.538. The Morgan fingerprint density at radius 3 is 3.12 bits per heavy atom. The summed E-state index contributed by atoms with van der Waals surface area (Å²) in [6, 6.07) is 3.74. The van der Waals surface area contributed by atoms with Crippen LogP contribution < -0.4 is 10.1 Å². The van der Waals surface area contributed by atoms with Gasteiger partial charge in [-0.25, -0.2) is 0 Å². The molecule has 1 aromatic rings. The predicted molar refractivity (Wildman–Crippen MR) is 63.5 cm³/mol. The van der Waals surface area contributed by atoms with Crippen molar-refractivity contribution in [1.29, 1.82) is 0 Å². The number of ether oxygens (including phenoxy) is 1. The second-order valence-corrected chi connectivity index (χ2v) is 4.82. The topological polar surface area (TPSA) is 61.7 Å². The number of phenolic OH excluding ortho intramolecular Hbond substituents is 1. The molecule has 0 amide bonds. The fourth-order valence-electron chi connectivity index (χ4n) is 2.83. The van der Waals surface area contributed by atoms with Gasteiger partial charge in [0.2, 0.25) is 0 Å². The SMILES string of the molecule is OC[C@@H]1Cc2ccc(O)c3c2[C@@H](CCN1)CO3. The quantitative estimate of drug-likeness (QED) is 0.672. The molecule has 0 saturated heterocycles. The first kappa shape index (κ1) is 10.9. The van der Waals surface area contributed by atoms with Crippen molar-refractivity contribution in [2.75, 3.05) is 19.8 Å². The zero-order valence-electron chi connectivity index (χ0n) is 9.65. The minimum Gasteiger partial charge on any atom is -0.504 e. The number of phenols is 1. The highest BCUT2D eigenvalue weighted by molar-refractivity contribution is 5.54. The molecule has 4 nitrogen and oxygen atoms in total. The van der Waals surface area contributed by atoms with Crippen molar-refractivity contribution in [3.63, 3.8) is 0 Å². The Labute approximate surface area is 100 Å². The summed E-state index contributed by atoms with van der Waals surface area (Å²) in [5.41, 5.74) is 2.34. The zero-order chi connectivity index (χ0) is 11.8. The predicted octanol–water partition coefficient (Wildman–Crippen LogP) is 0.765. The lowest BCUT2D eigenvalue weighted by Crippen LogP contribution is -2.37. The van der Waals surface area contributed by atoms with Crippen molar-refractivity contribution < 1.29 is 14.9 Å². The van der Waals surface area contributed by atoms with Crippen LogP contribution in [-0.4, -0.2) is 36.0 Å². The van der Waals surface area contributed by atoms with Crippen molar-refractivity contribution in [2.45, 2.75) is 24.8 Å². The highest BCUT2D eigenvalue weighted by atomic mass is 16.5. The third kappa shape index (κ3) is 1.77. The Hall–Kier alpha value is -1.26. The van der Waals surface area contributed by atoms with Gasteiger partial charge in [-0.1, -0.05) is 6.07 Å². The van der Waals surface area contributed by atoms with E-state index in [4.69, 9.17) is 4.74 Å². The fourth-order valence-corrected chi connectivity index (χ4v) is 2.83. The molecule has 2 atom stereocenters. The lowest BCUT2D eigenvalue weighted by atomic mass is 9.88. The first-order valence-corrected chi connectivity index (χ1v) is 6.11. The molecule has 3 rings (SSSR count). The highest BCUT2D eigenvalue weighted by Crippen LogP contribution is 2.44. The molecular weight excluding hydrogens is 218 g/mol. The molecule has 0 radical (unpaired) electrons. The molecule has 2 aliphatic heterocycles. The lowest BCUT2D eigenvalue weighted by Gasteiger charge is -2.23. The molecule has 92 valence electrons. The van der Waals surface area contributed by atoms with Gasteiger partial charge in [-0.05, 0) is 31.0 Å². The number of aliphatic hydroxyl groups excluding tert-OH is 1. The van der Waals surface area contributed by atoms with Crippen molar-refractivity contribution in [1.82, 2.24) is 5.32 Å². The van der Waals surface area contributed by atoms with Gasteiger partial charge in [0.05, 0.1) is 13.2 Å². The first-order chi connectivity index (χ1) is 8.29. The molecule has 2 aliphatic rings. The van der Waals surface area contributed by atoms with Gasteiger partial charge in [-0.15, -0.1) is 0 Å². The summed E-state index contributed by atoms with van der Waals surface area (Å²) < 4.78 is 5.59. The second kappa shape index (κ2) is 4.20. The van der Waals surface area contributed by atoms with Crippen LogP contribution in [0.15, 0.2) is 12.1 Å².